The molecule has 0 saturated carbocycles. The Morgan fingerprint density at radius 1 is 1.36 bits per heavy atom. The van der Waals surface area contributed by atoms with Gasteiger partial charge in [-0.1, -0.05) is 41.4 Å². The zero-order valence-electron chi connectivity index (χ0n) is 8.22. The van der Waals surface area contributed by atoms with Crippen LogP contribution in [0.2, 0.25) is 0 Å². The zero-order chi connectivity index (χ0) is 10.4. The molecule has 3 heteroatoms. The normalized spacial score (nSPS) is 9.86. The number of amides is 1. The number of carbonyl (C=O) groups is 1. The first kappa shape index (κ1) is 11.2. The van der Waals surface area contributed by atoms with E-state index in [0.717, 1.165) is 18.5 Å². The van der Waals surface area contributed by atoms with Crippen LogP contribution in [0.5, 0.6) is 0 Å². The Bertz CT molecular complexity index is 295. The molecule has 1 aromatic rings. The summed E-state index contributed by atoms with van der Waals surface area (Å²) in [7, 11) is 0. The fourth-order valence-electron chi connectivity index (χ4n) is 1.24. The van der Waals surface area contributed by atoms with Crippen molar-refractivity contribution in [2.45, 2.75) is 19.8 Å². The van der Waals surface area contributed by atoms with E-state index in [1.54, 1.807) is 0 Å². The van der Waals surface area contributed by atoms with Crippen LogP contribution in [0.4, 0.5) is 5.69 Å². The van der Waals surface area contributed by atoms with Crippen molar-refractivity contribution in [3.8, 4) is 0 Å². The smallest absolute Gasteiger partial charge is 0.235 e. The van der Waals surface area contributed by atoms with Gasteiger partial charge in [-0.2, -0.15) is 0 Å². The number of hydrogen-bond acceptors (Lipinski definition) is 1. The van der Waals surface area contributed by atoms with Crippen LogP contribution in [0, 0.1) is 0 Å². The molecule has 1 rings (SSSR count). The molecule has 1 N–H and O–H groups in total. The van der Waals surface area contributed by atoms with Crippen LogP contribution in [0.15, 0.2) is 24.3 Å². The topological polar surface area (TPSA) is 29.1 Å². The van der Waals surface area contributed by atoms with E-state index >= 15 is 0 Å². The van der Waals surface area contributed by atoms with Gasteiger partial charge in [0.05, 0.1) is 5.33 Å². The first-order valence-electron chi connectivity index (χ1n) is 4.71. The molecule has 1 aromatic carbocycles. The molecule has 76 valence electrons. The lowest BCUT2D eigenvalue weighted by atomic mass is 10.1. The summed E-state index contributed by atoms with van der Waals surface area (Å²) in [6, 6.07) is 7.97. The van der Waals surface area contributed by atoms with Crippen molar-refractivity contribution < 1.29 is 4.79 Å². The Balaban J connectivity index is 2.59. The molecular formula is C11H14BrNO. The summed E-state index contributed by atoms with van der Waals surface area (Å²) in [6.45, 7) is 2.15. The SMILES string of the molecule is CCCc1ccc(NC(=O)CBr)cc1. The molecule has 0 atom stereocenters. The summed E-state index contributed by atoms with van der Waals surface area (Å²) in [6.07, 6.45) is 2.24. The van der Waals surface area contributed by atoms with Gasteiger partial charge < -0.3 is 5.32 Å². The number of rotatable bonds is 4. The van der Waals surface area contributed by atoms with Gasteiger partial charge in [-0.25, -0.2) is 0 Å². The Kier molecular flexibility index (Phi) is 4.66. The molecule has 0 unspecified atom stereocenters. The largest absolute Gasteiger partial charge is 0.325 e. The summed E-state index contributed by atoms with van der Waals surface area (Å²) in [4.78, 5) is 11.0. The highest BCUT2D eigenvalue weighted by atomic mass is 79.9. The quantitative estimate of drug-likeness (QED) is 0.824. The van der Waals surface area contributed by atoms with Crippen LogP contribution in [0.25, 0.3) is 0 Å². The molecule has 0 aliphatic carbocycles. The van der Waals surface area contributed by atoms with E-state index in [4.69, 9.17) is 0 Å². The van der Waals surface area contributed by atoms with E-state index in [9.17, 15) is 4.79 Å². The van der Waals surface area contributed by atoms with Crippen molar-refractivity contribution in [3.05, 3.63) is 29.8 Å². The maximum absolute atomic E-state index is 11.0. The number of alkyl halides is 1. The second-order valence-corrected chi connectivity index (χ2v) is 3.69. The second kappa shape index (κ2) is 5.81. The van der Waals surface area contributed by atoms with Gasteiger partial charge in [0.15, 0.2) is 0 Å². The lowest BCUT2D eigenvalue weighted by molar-refractivity contribution is -0.113. The minimum absolute atomic E-state index is 0.0201. The highest BCUT2D eigenvalue weighted by molar-refractivity contribution is 9.09. The van der Waals surface area contributed by atoms with E-state index in [1.165, 1.54) is 5.56 Å². The molecule has 2 nitrogen and oxygen atoms in total. The summed E-state index contributed by atoms with van der Waals surface area (Å²) in [5.74, 6) is -0.0201. The van der Waals surface area contributed by atoms with Crippen LogP contribution in [0.3, 0.4) is 0 Å². The standard InChI is InChI=1S/C11H14BrNO/c1-2-3-9-4-6-10(7-5-9)13-11(14)8-12/h4-7H,2-3,8H2,1H3,(H,13,14). The fourth-order valence-corrected chi connectivity index (χ4v) is 1.38. The Morgan fingerprint density at radius 3 is 2.50 bits per heavy atom. The molecule has 0 fully saturated rings. The summed E-state index contributed by atoms with van der Waals surface area (Å²) < 4.78 is 0. The van der Waals surface area contributed by atoms with Gasteiger partial charge in [-0.3, -0.25) is 4.79 Å². The Hall–Kier alpha value is -0.830. The van der Waals surface area contributed by atoms with Gasteiger partial charge in [0.25, 0.3) is 0 Å². The number of carbonyl (C=O) groups excluding carboxylic acids is 1. The van der Waals surface area contributed by atoms with Crippen molar-refractivity contribution >= 4 is 27.5 Å². The number of benzene rings is 1. The Labute approximate surface area is 92.8 Å². The summed E-state index contributed by atoms with van der Waals surface area (Å²) in [5, 5.41) is 3.11. The average Bonchev–Trinajstić information content (AvgIpc) is 2.21. The van der Waals surface area contributed by atoms with Crippen molar-refractivity contribution in [1.29, 1.82) is 0 Å². The molecular weight excluding hydrogens is 242 g/mol. The first-order valence-corrected chi connectivity index (χ1v) is 5.83. The highest BCUT2D eigenvalue weighted by Crippen LogP contribution is 2.10. The molecule has 0 saturated heterocycles. The van der Waals surface area contributed by atoms with Crippen molar-refractivity contribution in [2.75, 3.05) is 10.6 Å². The van der Waals surface area contributed by atoms with Gasteiger partial charge in [0.1, 0.15) is 0 Å². The number of halogens is 1. The zero-order valence-corrected chi connectivity index (χ0v) is 9.80. The van der Waals surface area contributed by atoms with Gasteiger partial charge in [-0.05, 0) is 24.1 Å². The molecule has 0 aliphatic rings. The monoisotopic (exact) mass is 255 g/mol. The van der Waals surface area contributed by atoms with E-state index in [0.29, 0.717) is 5.33 Å². The second-order valence-electron chi connectivity index (χ2n) is 3.13. The molecule has 0 bridgehead atoms. The van der Waals surface area contributed by atoms with Gasteiger partial charge in [0, 0.05) is 5.69 Å². The van der Waals surface area contributed by atoms with E-state index < -0.39 is 0 Å². The average molecular weight is 256 g/mol. The predicted molar refractivity (Wildman–Crippen MR) is 62.9 cm³/mol. The summed E-state index contributed by atoms with van der Waals surface area (Å²) in [5.41, 5.74) is 2.17. The predicted octanol–water partition coefficient (Wildman–Crippen LogP) is 2.97. The minimum Gasteiger partial charge on any atom is -0.325 e. The maximum atomic E-state index is 11.0. The maximum Gasteiger partial charge on any atom is 0.235 e. The van der Waals surface area contributed by atoms with E-state index in [-0.39, 0.29) is 5.91 Å². The third-order valence-electron chi connectivity index (χ3n) is 1.90. The number of anilines is 1. The molecule has 0 spiro atoms. The van der Waals surface area contributed by atoms with E-state index in [2.05, 4.69) is 28.2 Å². The molecule has 0 heterocycles. The van der Waals surface area contributed by atoms with Gasteiger partial charge >= 0.3 is 0 Å². The van der Waals surface area contributed by atoms with E-state index in [1.807, 2.05) is 24.3 Å². The molecule has 14 heavy (non-hydrogen) atoms. The van der Waals surface area contributed by atoms with Crippen LogP contribution >= 0.6 is 15.9 Å². The lowest BCUT2D eigenvalue weighted by Crippen LogP contribution is -2.12. The van der Waals surface area contributed by atoms with Crippen molar-refractivity contribution in [3.63, 3.8) is 0 Å². The van der Waals surface area contributed by atoms with Crippen molar-refractivity contribution in [2.24, 2.45) is 0 Å². The van der Waals surface area contributed by atoms with Crippen LogP contribution in [-0.4, -0.2) is 11.2 Å². The number of hydrogen-bond donors (Lipinski definition) is 1. The molecule has 1 amide bonds. The van der Waals surface area contributed by atoms with Crippen LogP contribution < -0.4 is 5.32 Å². The lowest BCUT2D eigenvalue weighted by Gasteiger charge is -2.04. The minimum atomic E-state index is -0.0201. The third-order valence-corrected chi connectivity index (χ3v) is 2.41. The molecule has 0 aromatic heterocycles. The van der Waals surface area contributed by atoms with Gasteiger partial charge in [-0.15, -0.1) is 0 Å². The molecule has 0 aliphatic heterocycles. The van der Waals surface area contributed by atoms with Crippen LogP contribution in [-0.2, 0) is 11.2 Å². The highest BCUT2D eigenvalue weighted by Gasteiger charge is 1.98. The van der Waals surface area contributed by atoms with Gasteiger partial charge in [0.2, 0.25) is 5.91 Å². The third kappa shape index (κ3) is 3.50. The first-order chi connectivity index (χ1) is 6.76. The molecule has 0 radical (unpaired) electrons. The summed E-state index contributed by atoms with van der Waals surface area (Å²) >= 11 is 3.10. The number of nitrogens with one attached hydrogen (secondary N) is 1. The van der Waals surface area contributed by atoms with Crippen LogP contribution in [0.1, 0.15) is 18.9 Å². The Morgan fingerprint density at radius 2 is 2.00 bits per heavy atom. The van der Waals surface area contributed by atoms with Crippen molar-refractivity contribution in [1.82, 2.24) is 0 Å². The fraction of sp³-hybridized carbons (Fsp3) is 0.364. The number of aryl methyl sites for hydroxylation is 1.